The molecule has 3 atom stereocenters. The highest BCUT2D eigenvalue weighted by Crippen LogP contribution is 2.12. The number of cyclic esters (lactones) is 2. The Morgan fingerprint density at radius 1 is 1.32 bits per heavy atom. The molecule has 0 radical (unpaired) electrons. The summed E-state index contributed by atoms with van der Waals surface area (Å²) in [5.74, 6) is -1.24. The Balaban J connectivity index is 0.000000191. The maximum Gasteiger partial charge on any atom is 0.347 e. The number of carbonyl (C=O) groups excluding carboxylic acids is 2. The van der Waals surface area contributed by atoms with Gasteiger partial charge >= 0.3 is 17.9 Å². The van der Waals surface area contributed by atoms with Gasteiger partial charge in [-0.3, -0.25) is 0 Å². The molecule has 2 N–H and O–H groups in total. The third-order valence-corrected chi connectivity index (χ3v) is 3.57. The highest BCUT2D eigenvalue weighted by molar-refractivity contribution is 8.23. The molecule has 0 aliphatic carbocycles. The number of carbonyl (C=O) groups is 3. The number of carboxylic acid groups (broad SMARTS) is 1. The van der Waals surface area contributed by atoms with Crippen LogP contribution in [0.3, 0.4) is 0 Å². The summed E-state index contributed by atoms with van der Waals surface area (Å²) in [5.41, 5.74) is 0. The first-order valence-corrected chi connectivity index (χ1v) is 6.77. The van der Waals surface area contributed by atoms with E-state index in [0.29, 0.717) is 10.1 Å². The molecule has 0 amide bonds. The van der Waals surface area contributed by atoms with E-state index < -0.39 is 36.2 Å². The molecule has 0 aromatic rings. The van der Waals surface area contributed by atoms with Crippen molar-refractivity contribution < 1.29 is 29.0 Å². The predicted molar refractivity (Wildman–Crippen MR) is 70.7 cm³/mol. The number of nitrogens with one attached hydrogen (secondary N) is 1. The van der Waals surface area contributed by atoms with Crippen molar-refractivity contribution in [3.8, 4) is 0 Å². The van der Waals surface area contributed by atoms with Gasteiger partial charge in [0.1, 0.15) is 10.4 Å². The second-order valence-corrected chi connectivity index (χ2v) is 5.49. The lowest BCUT2D eigenvalue weighted by Crippen LogP contribution is -2.40. The molecule has 7 nitrogen and oxygen atoms in total. The Hall–Kier alpha value is -1.35. The van der Waals surface area contributed by atoms with Crippen LogP contribution in [0.15, 0.2) is 0 Å². The van der Waals surface area contributed by atoms with Crippen LogP contribution in [-0.2, 0) is 23.9 Å². The van der Waals surface area contributed by atoms with Crippen molar-refractivity contribution in [1.29, 1.82) is 0 Å². The van der Waals surface area contributed by atoms with Gasteiger partial charge in [-0.25, -0.2) is 14.4 Å². The van der Waals surface area contributed by atoms with E-state index in [4.69, 9.17) is 17.3 Å². The van der Waals surface area contributed by atoms with E-state index in [9.17, 15) is 14.4 Å². The Labute approximate surface area is 119 Å². The molecule has 2 heterocycles. The fourth-order valence-corrected chi connectivity index (χ4v) is 2.27. The second-order valence-electron chi connectivity index (χ2n) is 3.79. The van der Waals surface area contributed by atoms with Gasteiger partial charge in [-0.15, -0.1) is 0 Å². The average Bonchev–Trinajstić information content (AvgIpc) is 2.74. The third kappa shape index (κ3) is 4.67. The minimum absolute atomic E-state index is 0.470. The van der Waals surface area contributed by atoms with Crippen LogP contribution in [0.1, 0.15) is 13.8 Å². The number of rotatable bonds is 1. The summed E-state index contributed by atoms with van der Waals surface area (Å²) in [4.78, 5) is 31.5. The Bertz CT molecular complexity index is 393. The predicted octanol–water partition coefficient (Wildman–Crippen LogP) is -0.0757. The molecular formula is C10H13NO6S2. The summed E-state index contributed by atoms with van der Waals surface area (Å²) in [6, 6.07) is -0.470. The summed E-state index contributed by atoms with van der Waals surface area (Å²) in [5, 5.41) is 11.0. The normalized spacial score (nSPS) is 29.6. The molecule has 0 aromatic carbocycles. The summed E-state index contributed by atoms with van der Waals surface area (Å²) in [6.07, 6.45) is -1.49. The van der Waals surface area contributed by atoms with E-state index in [2.05, 4.69) is 14.8 Å². The van der Waals surface area contributed by atoms with Crippen molar-refractivity contribution in [3.63, 3.8) is 0 Å². The SMILES string of the molecule is CC1OC(=O)C(C)OC1=O.O=C(O)[C@@H]1CSC(=S)N1. The van der Waals surface area contributed by atoms with Crippen LogP contribution in [0.25, 0.3) is 0 Å². The van der Waals surface area contributed by atoms with Crippen LogP contribution in [-0.4, -0.2) is 51.3 Å². The van der Waals surface area contributed by atoms with Gasteiger partial charge in [-0.05, 0) is 13.8 Å². The zero-order valence-electron chi connectivity index (χ0n) is 10.2. The van der Waals surface area contributed by atoms with E-state index in [1.807, 2.05) is 0 Å². The lowest BCUT2D eigenvalue weighted by molar-refractivity contribution is -0.191. The Morgan fingerprint density at radius 2 is 1.79 bits per heavy atom. The minimum atomic E-state index is -0.831. The third-order valence-electron chi connectivity index (χ3n) is 2.22. The minimum Gasteiger partial charge on any atom is -0.480 e. The quantitative estimate of drug-likeness (QED) is 0.509. The maximum atomic E-state index is 10.7. The van der Waals surface area contributed by atoms with E-state index in [0.717, 1.165) is 0 Å². The molecule has 2 rings (SSSR count). The zero-order chi connectivity index (χ0) is 14.6. The van der Waals surface area contributed by atoms with Gasteiger partial charge in [-0.1, -0.05) is 24.0 Å². The van der Waals surface area contributed by atoms with Crippen molar-refractivity contribution >= 4 is 46.2 Å². The van der Waals surface area contributed by atoms with Crippen LogP contribution in [0, 0.1) is 0 Å². The van der Waals surface area contributed by atoms with Crippen molar-refractivity contribution in [3.05, 3.63) is 0 Å². The molecule has 0 bridgehead atoms. The van der Waals surface area contributed by atoms with Crippen molar-refractivity contribution in [2.45, 2.75) is 32.1 Å². The van der Waals surface area contributed by atoms with Crippen LogP contribution in [0.2, 0.25) is 0 Å². The Kier molecular flexibility index (Phi) is 5.55. The lowest BCUT2D eigenvalue weighted by Gasteiger charge is -2.22. The second kappa shape index (κ2) is 6.71. The van der Waals surface area contributed by atoms with E-state index in [-0.39, 0.29) is 0 Å². The molecule has 2 aliphatic rings. The molecule has 2 aliphatic heterocycles. The Morgan fingerprint density at radius 3 is 2.05 bits per heavy atom. The molecule has 106 valence electrons. The highest BCUT2D eigenvalue weighted by atomic mass is 32.2. The van der Waals surface area contributed by atoms with Gasteiger partial charge in [0, 0.05) is 5.75 Å². The van der Waals surface area contributed by atoms with E-state index in [1.165, 1.54) is 25.6 Å². The lowest BCUT2D eigenvalue weighted by atomic mass is 10.3. The van der Waals surface area contributed by atoms with Gasteiger partial charge in [0.25, 0.3) is 0 Å². The fourth-order valence-electron chi connectivity index (χ4n) is 1.15. The molecule has 2 unspecified atom stereocenters. The number of hydrogen-bond acceptors (Lipinski definition) is 7. The first-order valence-electron chi connectivity index (χ1n) is 5.38. The monoisotopic (exact) mass is 307 g/mol. The number of esters is 2. The first kappa shape index (κ1) is 15.7. The number of carboxylic acids is 1. The number of aliphatic carboxylic acids is 1. The largest absolute Gasteiger partial charge is 0.480 e. The molecular weight excluding hydrogens is 294 g/mol. The number of hydrogen-bond donors (Lipinski definition) is 2. The summed E-state index contributed by atoms with van der Waals surface area (Å²) in [7, 11) is 0. The van der Waals surface area contributed by atoms with E-state index in [1.54, 1.807) is 0 Å². The van der Waals surface area contributed by atoms with Crippen LogP contribution in [0.5, 0.6) is 0 Å². The summed E-state index contributed by atoms with van der Waals surface area (Å²) in [6.45, 7) is 2.96. The van der Waals surface area contributed by atoms with Gasteiger partial charge < -0.3 is 19.9 Å². The molecule has 0 saturated carbocycles. The standard InChI is InChI=1S/C6H8O4.C4H5NO2S2/c1-3-5(7)10-4(2)6(8)9-3;6-3(7)2-1-9-4(8)5-2/h3-4H,1-2H3;2H,1H2,(H,5,8)(H,6,7)/t;2-/m.0/s1. The molecule has 0 spiro atoms. The molecule has 19 heavy (non-hydrogen) atoms. The topological polar surface area (TPSA) is 102 Å². The maximum absolute atomic E-state index is 10.7. The zero-order valence-corrected chi connectivity index (χ0v) is 11.9. The molecule has 2 saturated heterocycles. The fraction of sp³-hybridized carbons (Fsp3) is 0.600. The average molecular weight is 307 g/mol. The number of ether oxygens (including phenoxy) is 2. The van der Waals surface area contributed by atoms with Crippen molar-refractivity contribution in [1.82, 2.24) is 5.32 Å². The van der Waals surface area contributed by atoms with Crippen molar-refractivity contribution in [2.24, 2.45) is 0 Å². The van der Waals surface area contributed by atoms with Crippen LogP contribution < -0.4 is 5.32 Å². The van der Waals surface area contributed by atoms with E-state index >= 15 is 0 Å². The van der Waals surface area contributed by atoms with Gasteiger partial charge in [0.2, 0.25) is 0 Å². The van der Waals surface area contributed by atoms with Gasteiger partial charge in [-0.2, -0.15) is 0 Å². The van der Waals surface area contributed by atoms with Gasteiger partial charge in [0.05, 0.1) is 0 Å². The number of thiocarbonyl (C=S) groups is 1. The first-order chi connectivity index (χ1) is 8.81. The molecule has 9 heteroatoms. The summed E-state index contributed by atoms with van der Waals surface area (Å²) < 4.78 is 9.78. The highest BCUT2D eigenvalue weighted by Gasteiger charge is 2.32. The van der Waals surface area contributed by atoms with Crippen LogP contribution >= 0.6 is 24.0 Å². The molecule has 0 aromatic heterocycles. The van der Waals surface area contributed by atoms with Gasteiger partial charge in [0.15, 0.2) is 12.2 Å². The smallest absolute Gasteiger partial charge is 0.347 e. The van der Waals surface area contributed by atoms with Crippen LogP contribution in [0.4, 0.5) is 0 Å². The summed E-state index contributed by atoms with van der Waals surface area (Å²) >= 11 is 6.08. The molecule has 2 fully saturated rings. The number of thioether (sulfide) groups is 1. The van der Waals surface area contributed by atoms with Crippen molar-refractivity contribution in [2.75, 3.05) is 5.75 Å².